The van der Waals surface area contributed by atoms with Gasteiger partial charge in [0.1, 0.15) is 6.61 Å². The molecule has 3 aromatic carbocycles. The van der Waals surface area contributed by atoms with E-state index in [1.165, 1.54) is 5.56 Å². The molecule has 174 valence electrons. The van der Waals surface area contributed by atoms with Gasteiger partial charge in [-0.1, -0.05) is 53.0 Å². The van der Waals surface area contributed by atoms with Gasteiger partial charge in [-0.15, -0.1) is 0 Å². The van der Waals surface area contributed by atoms with Crippen molar-refractivity contribution in [1.29, 1.82) is 0 Å². The first-order chi connectivity index (χ1) is 16.3. The quantitative estimate of drug-likeness (QED) is 0.162. The largest absolute Gasteiger partial charge is 0.490 e. The fourth-order valence-electron chi connectivity index (χ4n) is 3.23. The van der Waals surface area contributed by atoms with Gasteiger partial charge in [0.2, 0.25) is 5.90 Å². The van der Waals surface area contributed by atoms with Crippen molar-refractivity contribution < 1.29 is 19.0 Å². The summed E-state index contributed by atoms with van der Waals surface area (Å²) in [6.07, 6.45) is 1.65. The van der Waals surface area contributed by atoms with Gasteiger partial charge in [0, 0.05) is 5.56 Å². The highest BCUT2D eigenvalue weighted by atomic mass is 127. The zero-order chi connectivity index (χ0) is 24.2. The number of aryl methyl sites for hydroxylation is 1. The fraction of sp³-hybridized carbons (Fsp3) is 0.154. The summed E-state index contributed by atoms with van der Waals surface area (Å²) >= 11 is 14.2. The maximum atomic E-state index is 12.4. The van der Waals surface area contributed by atoms with E-state index in [0.29, 0.717) is 40.3 Å². The first-order valence-electron chi connectivity index (χ1n) is 10.5. The molecule has 0 spiro atoms. The first-order valence-corrected chi connectivity index (χ1v) is 12.3. The van der Waals surface area contributed by atoms with Crippen LogP contribution in [0.3, 0.4) is 0 Å². The molecular weight excluding hydrogens is 588 g/mol. The van der Waals surface area contributed by atoms with Crippen molar-refractivity contribution >= 4 is 63.7 Å². The molecule has 1 aliphatic rings. The lowest BCUT2D eigenvalue weighted by molar-refractivity contribution is -0.129. The molecule has 0 bridgehead atoms. The van der Waals surface area contributed by atoms with Crippen LogP contribution in [-0.2, 0) is 16.1 Å². The van der Waals surface area contributed by atoms with Gasteiger partial charge in [-0.05, 0) is 84.0 Å². The fourth-order valence-corrected chi connectivity index (χ4v) is 4.31. The predicted molar refractivity (Wildman–Crippen MR) is 143 cm³/mol. The van der Waals surface area contributed by atoms with Crippen molar-refractivity contribution in [1.82, 2.24) is 0 Å². The van der Waals surface area contributed by atoms with Gasteiger partial charge in [0.05, 0.1) is 20.2 Å². The van der Waals surface area contributed by atoms with E-state index >= 15 is 0 Å². The lowest BCUT2D eigenvalue weighted by Gasteiger charge is -2.15. The molecule has 8 heteroatoms. The minimum absolute atomic E-state index is 0.174. The molecule has 0 aromatic heterocycles. The smallest absolute Gasteiger partial charge is 0.363 e. The molecule has 0 radical (unpaired) electrons. The van der Waals surface area contributed by atoms with Gasteiger partial charge >= 0.3 is 5.97 Å². The Morgan fingerprint density at radius 2 is 1.79 bits per heavy atom. The third-order valence-electron chi connectivity index (χ3n) is 4.93. The van der Waals surface area contributed by atoms with Crippen molar-refractivity contribution in [3.05, 3.63) is 96.2 Å². The topological polar surface area (TPSA) is 57.1 Å². The van der Waals surface area contributed by atoms with E-state index in [9.17, 15) is 4.79 Å². The van der Waals surface area contributed by atoms with E-state index in [1.807, 2.05) is 38.1 Å². The third kappa shape index (κ3) is 5.74. The number of hydrogen-bond acceptors (Lipinski definition) is 5. The normalized spacial score (nSPS) is 14.2. The van der Waals surface area contributed by atoms with Crippen LogP contribution in [0.5, 0.6) is 11.5 Å². The predicted octanol–water partition coefficient (Wildman–Crippen LogP) is 7.23. The zero-order valence-corrected chi connectivity index (χ0v) is 22.1. The number of esters is 1. The van der Waals surface area contributed by atoms with Crippen LogP contribution in [0, 0.1) is 10.5 Å². The number of carbonyl (C=O) groups is 1. The Hall–Kier alpha value is -2.55. The summed E-state index contributed by atoms with van der Waals surface area (Å²) in [6, 6.07) is 16.8. The summed E-state index contributed by atoms with van der Waals surface area (Å²) in [5.74, 6) is 0.869. The van der Waals surface area contributed by atoms with E-state index in [1.54, 1.807) is 24.3 Å². The number of rotatable bonds is 7. The Morgan fingerprint density at radius 1 is 1.03 bits per heavy atom. The molecule has 0 N–H and O–H groups in total. The molecule has 34 heavy (non-hydrogen) atoms. The van der Waals surface area contributed by atoms with E-state index in [2.05, 4.69) is 39.7 Å². The summed E-state index contributed by atoms with van der Waals surface area (Å²) in [4.78, 5) is 16.8. The van der Waals surface area contributed by atoms with Crippen molar-refractivity contribution in [3.8, 4) is 11.5 Å². The Kier molecular flexibility index (Phi) is 7.80. The number of benzene rings is 3. The van der Waals surface area contributed by atoms with E-state index < -0.39 is 5.97 Å². The minimum Gasteiger partial charge on any atom is -0.490 e. The van der Waals surface area contributed by atoms with Crippen LogP contribution < -0.4 is 9.47 Å². The van der Waals surface area contributed by atoms with Crippen molar-refractivity contribution in [2.24, 2.45) is 4.99 Å². The molecular formula is C26H20Cl2INO4. The highest BCUT2D eigenvalue weighted by Crippen LogP contribution is 2.36. The zero-order valence-electron chi connectivity index (χ0n) is 18.4. The van der Waals surface area contributed by atoms with Gasteiger partial charge in [-0.25, -0.2) is 9.79 Å². The summed E-state index contributed by atoms with van der Waals surface area (Å²) in [5.41, 5.74) is 3.74. The van der Waals surface area contributed by atoms with E-state index in [0.717, 1.165) is 14.7 Å². The molecule has 1 heterocycles. The molecule has 0 saturated carbocycles. The monoisotopic (exact) mass is 607 g/mol. The standard InChI is InChI=1S/C26H20Cl2INO4/c1-3-32-23-12-17(10-21(29)24(23)33-14-16-6-4-15(2)5-7-16)11-22-26(31)34-25(30-22)18-8-9-19(27)20(28)13-18/h4-13H,3,14H2,1-2H3/b22-11-. The van der Waals surface area contributed by atoms with Gasteiger partial charge in [0.15, 0.2) is 17.2 Å². The van der Waals surface area contributed by atoms with Crippen LogP contribution in [0.2, 0.25) is 10.0 Å². The minimum atomic E-state index is -0.547. The number of aliphatic imine (C=N–C) groups is 1. The lowest BCUT2D eigenvalue weighted by atomic mass is 10.1. The highest BCUT2D eigenvalue weighted by Gasteiger charge is 2.25. The van der Waals surface area contributed by atoms with Crippen LogP contribution >= 0.6 is 45.8 Å². The summed E-state index contributed by atoms with van der Waals surface area (Å²) in [5, 5.41) is 0.765. The maximum absolute atomic E-state index is 12.4. The number of cyclic esters (lactones) is 1. The third-order valence-corrected chi connectivity index (χ3v) is 6.47. The molecule has 0 atom stereocenters. The Balaban J connectivity index is 1.61. The average Bonchev–Trinajstić information content (AvgIpc) is 3.16. The molecule has 5 nitrogen and oxygen atoms in total. The van der Waals surface area contributed by atoms with E-state index in [4.69, 9.17) is 37.4 Å². The van der Waals surface area contributed by atoms with Crippen molar-refractivity contribution in [2.45, 2.75) is 20.5 Å². The Bertz CT molecular complexity index is 1300. The molecule has 3 aromatic rings. The highest BCUT2D eigenvalue weighted by molar-refractivity contribution is 14.1. The van der Waals surface area contributed by atoms with Gasteiger partial charge < -0.3 is 14.2 Å². The Labute approximate surface area is 221 Å². The molecule has 0 saturated heterocycles. The average molecular weight is 608 g/mol. The van der Waals surface area contributed by atoms with Gasteiger partial charge in [0.25, 0.3) is 0 Å². The van der Waals surface area contributed by atoms with Crippen LogP contribution in [0.1, 0.15) is 29.2 Å². The van der Waals surface area contributed by atoms with Crippen molar-refractivity contribution in [3.63, 3.8) is 0 Å². The van der Waals surface area contributed by atoms with Crippen LogP contribution in [-0.4, -0.2) is 18.5 Å². The first kappa shape index (κ1) is 24.6. The Morgan fingerprint density at radius 3 is 2.50 bits per heavy atom. The molecule has 1 aliphatic heterocycles. The number of carbonyl (C=O) groups excluding carboxylic acids is 1. The summed E-state index contributed by atoms with van der Waals surface area (Å²) in [7, 11) is 0. The number of halogens is 3. The maximum Gasteiger partial charge on any atom is 0.363 e. The number of hydrogen-bond donors (Lipinski definition) is 0. The number of ether oxygens (including phenoxy) is 3. The van der Waals surface area contributed by atoms with Crippen LogP contribution in [0.25, 0.3) is 6.08 Å². The van der Waals surface area contributed by atoms with Crippen molar-refractivity contribution in [2.75, 3.05) is 6.61 Å². The number of nitrogens with zero attached hydrogens (tertiary/aromatic N) is 1. The van der Waals surface area contributed by atoms with Crippen LogP contribution in [0.15, 0.2) is 65.3 Å². The summed E-state index contributed by atoms with van der Waals surface area (Å²) in [6.45, 7) is 4.84. The molecule has 0 amide bonds. The molecule has 0 aliphatic carbocycles. The molecule has 0 fully saturated rings. The second kappa shape index (κ2) is 10.8. The molecule has 0 unspecified atom stereocenters. The second-order valence-corrected chi connectivity index (χ2v) is 9.48. The lowest BCUT2D eigenvalue weighted by Crippen LogP contribution is -2.05. The SMILES string of the molecule is CCOc1cc(/C=C2\N=C(c3ccc(Cl)c(Cl)c3)OC2=O)cc(I)c1OCc1ccc(C)cc1. The summed E-state index contributed by atoms with van der Waals surface area (Å²) < 4.78 is 18.1. The van der Waals surface area contributed by atoms with E-state index in [-0.39, 0.29) is 11.6 Å². The second-order valence-electron chi connectivity index (χ2n) is 7.50. The van der Waals surface area contributed by atoms with Crippen LogP contribution in [0.4, 0.5) is 0 Å². The molecule has 4 rings (SSSR count). The van der Waals surface area contributed by atoms with Gasteiger partial charge in [-0.2, -0.15) is 0 Å². The van der Waals surface area contributed by atoms with Gasteiger partial charge in [-0.3, -0.25) is 0 Å².